The molecule has 2 heterocycles. The van der Waals surface area contributed by atoms with Crippen molar-refractivity contribution in [2.24, 2.45) is 11.7 Å². The molecular weight excluding hydrogens is 472 g/mol. The molecule has 4 rings (SSSR count). The van der Waals surface area contributed by atoms with Crippen LogP contribution >= 0.6 is 0 Å². The predicted octanol–water partition coefficient (Wildman–Crippen LogP) is -0.282. The van der Waals surface area contributed by atoms with Gasteiger partial charge in [0.05, 0.1) is 30.7 Å². The van der Waals surface area contributed by atoms with Gasteiger partial charge in [0.2, 0.25) is 5.91 Å². The van der Waals surface area contributed by atoms with E-state index in [9.17, 15) is 24.9 Å². The van der Waals surface area contributed by atoms with E-state index < -0.39 is 12.0 Å². The number of carbonyl (C=O) groups excluding carboxylic acids is 2. The number of hydrogen-bond donors (Lipinski definition) is 7. The topological polar surface area (TPSA) is 210 Å². The normalized spacial score (nSPS) is 13.2. The van der Waals surface area contributed by atoms with E-state index in [-0.39, 0.29) is 29.0 Å². The summed E-state index contributed by atoms with van der Waals surface area (Å²) in [5.74, 6) is -0.998. The molecule has 0 atom stereocenters. The Labute approximate surface area is 205 Å². The molecule has 2 aromatic heterocycles. The van der Waals surface area contributed by atoms with Crippen LogP contribution in [-0.4, -0.2) is 66.9 Å². The molecule has 14 nitrogen and oxygen atoms in total. The van der Waals surface area contributed by atoms with Crippen LogP contribution in [0.1, 0.15) is 23.3 Å². The van der Waals surface area contributed by atoms with Gasteiger partial charge in [0.25, 0.3) is 5.91 Å². The van der Waals surface area contributed by atoms with E-state index in [1.54, 1.807) is 40.5 Å². The van der Waals surface area contributed by atoms with Crippen LogP contribution < -0.4 is 26.4 Å². The summed E-state index contributed by atoms with van der Waals surface area (Å²) in [5, 5.41) is 46.9. The highest BCUT2D eigenvalue weighted by Crippen LogP contribution is 2.38. The molecule has 0 radical (unpaired) electrons. The van der Waals surface area contributed by atoms with Gasteiger partial charge in [0, 0.05) is 30.3 Å². The predicted molar refractivity (Wildman–Crippen MR) is 127 cm³/mol. The largest absolute Gasteiger partial charge is 0.494 e. The molecule has 3 aromatic rings. The zero-order valence-electron chi connectivity index (χ0n) is 19.3. The Morgan fingerprint density at radius 1 is 1.19 bits per heavy atom. The lowest BCUT2D eigenvalue weighted by Gasteiger charge is -2.18. The summed E-state index contributed by atoms with van der Waals surface area (Å²) >= 11 is 0. The van der Waals surface area contributed by atoms with Crippen LogP contribution in [0.3, 0.4) is 0 Å². The number of hydrogen-bond acceptors (Lipinski definition) is 11. The number of aromatic nitrogens is 4. The summed E-state index contributed by atoms with van der Waals surface area (Å²) in [7, 11) is 1.47. The van der Waals surface area contributed by atoms with Gasteiger partial charge in [-0.05, 0) is 31.0 Å². The van der Waals surface area contributed by atoms with Crippen molar-refractivity contribution in [3.05, 3.63) is 42.2 Å². The summed E-state index contributed by atoms with van der Waals surface area (Å²) in [4.78, 5) is 24.7. The van der Waals surface area contributed by atoms with Crippen molar-refractivity contribution < 1.29 is 29.6 Å². The zero-order valence-corrected chi connectivity index (χ0v) is 19.3. The third kappa shape index (κ3) is 5.92. The number of benzene rings is 1. The Balaban J connectivity index is 1.70. The maximum atomic E-state index is 12.6. The van der Waals surface area contributed by atoms with Crippen molar-refractivity contribution in [3.8, 4) is 17.0 Å². The minimum absolute atomic E-state index is 0.0435. The third-order valence-corrected chi connectivity index (χ3v) is 5.25. The van der Waals surface area contributed by atoms with Gasteiger partial charge in [-0.25, -0.2) is 0 Å². The van der Waals surface area contributed by atoms with Crippen LogP contribution in [0.4, 0.5) is 17.2 Å². The number of aliphatic hydroxyl groups is 3. The zero-order chi connectivity index (χ0) is 25.9. The maximum Gasteiger partial charge on any atom is 0.369 e. The molecule has 1 aliphatic rings. The van der Waals surface area contributed by atoms with E-state index >= 15 is 0 Å². The minimum atomic E-state index is -3.48. The second-order valence-electron chi connectivity index (χ2n) is 8.11. The van der Waals surface area contributed by atoms with Crippen LogP contribution in [0.2, 0.25) is 0 Å². The number of nitrogens with two attached hydrogens (primary N) is 1. The molecule has 1 saturated carbocycles. The molecule has 0 saturated heterocycles. The highest BCUT2D eigenvalue weighted by atomic mass is 16.7. The van der Waals surface area contributed by atoms with Crippen molar-refractivity contribution in [1.82, 2.24) is 25.3 Å². The Morgan fingerprint density at radius 2 is 1.97 bits per heavy atom. The van der Waals surface area contributed by atoms with Crippen LogP contribution in [0.25, 0.3) is 11.3 Å². The Kier molecular flexibility index (Phi) is 7.12. The molecule has 1 aliphatic carbocycles. The summed E-state index contributed by atoms with van der Waals surface area (Å²) < 4.78 is 7.32. The fraction of sp³-hybridized carbons (Fsp3) is 0.318. The van der Waals surface area contributed by atoms with Gasteiger partial charge in [-0.1, -0.05) is 6.07 Å². The standard InChI is InChI=1S/C22H26N8O6/c1-36-19-13(14-7-9-30(29-14)10-8-23)3-2-4-15(19)24-16-11-17(25-20(31)12-5-6-12)27-28-18(16)21(32)26-22(33,34)35/h2-4,7,9,11-12,33-35H,5-6,8,10,23H2,1H3,(H,26,32)(H2,24,25,27,31). The molecule has 2 amide bonds. The number of methoxy groups -OCH3 is 1. The minimum Gasteiger partial charge on any atom is -0.494 e. The van der Waals surface area contributed by atoms with Crippen LogP contribution in [-0.2, 0) is 11.3 Å². The number of nitrogens with zero attached hydrogens (tertiary/aromatic N) is 4. The Bertz CT molecular complexity index is 1270. The van der Waals surface area contributed by atoms with E-state index in [4.69, 9.17) is 10.5 Å². The number of rotatable bonds is 10. The van der Waals surface area contributed by atoms with Gasteiger partial charge in [-0.3, -0.25) is 19.6 Å². The summed E-state index contributed by atoms with van der Waals surface area (Å²) in [6.45, 7) is 0.967. The molecular formula is C22H26N8O6. The first-order valence-corrected chi connectivity index (χ1v) is 11.0. The number of para-hydroxylation sites is 1. The lowest BCUT2D eigenvalue weighted by atomic mass is 10.1. The molecule has 0 aliphatic heterocycles. The molecule has 0 bridgehead atoms. The van der Waals surface area contributed by atoms with Crippen molar-refractivity contribution in [3.63, 3.8) is 0 Å². The smallest absolute Gasteiger partial charge is 0.369 e. The Morgan fingerprint density at radius 3 is 2.64 bits per heavy atom. The molecule has 8 N–H and O–H groups in total. The number of anilines is 3. The van der Waals surface area contributed by atoms with Gasteiger partial charge in [-0.15, -0.1) is 10.2 Å². The molecule has 14 heteroatoms. The van der Waals surface area contributed by atoms with E-state index in [0.717, 1.165) is 12.8 Å². The number of carbonyl (C=O) groups is 2. The maximum absolute atomic E-state index is 12.6. The molecule has 36 heavy (non-hydrogen) atoms. The van der Waals surface area contributed by atoms with Gasteiger partial charge >= 0.3 is 6.10 Å². The van der Waals surface area contributed by atoms with Gasteiger partial charge in [0.15, 0.2) is 17.3 Å². The summed E-state index contributed by atoms with van der Waals surface area (Å²) in [6.07, 6.45) is -0.130. The van der Waals surface area contributed by atoms with Crippen molar-refractivity contribution in [1.29, 1.82) is 0 Å². The van der Waals surface area contributed by atoms with Gasteiger partial charge in [-0.2, -0.15) is 5.10 Å². The number of amides is 2. The monoisotopic (exact) mass is 498 g/mol. The average molecular weight is 499 g/mol. The number of nitrogens with one attached hydrogen (secondary N) is 3. The molecule has 190 valence electrons. The van der Waals surface area contributed by atoms with Gasteiger partial charge < -0.3 is 36.4 Å². The van der Waals surface area contributed by atoms with Crippen molar-refractivity contribution in [2.75, 3.05) is 24.3 Å². The van der Waals surface area contributed by atoms with Crippen LogP contribution in [0.5, 0.6) is 5.75 Å². The van der Waals surface area contributed by atoms with E-state index in [0.29, 0.717) is 35.8 Å². The molecule has 1 aromatic carbocycles. The summed E-state index contributed by atoms with van der Waals surface area (Å²) in [5.41, 5.74) is 6.94. The highest BCUT2D eigenvalue weighted by molar-refractivity contribution is 6.00. The SMILES string of the molecule is COc1c(Nc2cc(NC(=O)C3CC3)nnc2C(=O)NC(O)(O)O)cccc1-c1ccn(CCN)n1. The van der Waals surface area contributed by atoms with Crippen molar-refractivity contribution in [2.45, 2.75) is 25.5 Å². The Hall–Kier alpha value is -4.11. The van der Waals surface area contributed by atoms with E-state index in [1.807, 2.05) is 0 Å². The number of ether oxygens (including phenoxy) is 1. The quantitative estimate of drug-likeness (QED) is 0.181. The van der Waals surface area contributed by atoms with Crippen LogP contribution in [0.15, 0.2) is 36.5 Å². The second kappa shape index (κ2) is 10.2. The lowest BCUT2D eigenvalue weighted by molar-refractivity contribution is -0.323. The first-order valence-electron chi connectivity index (χ1n) is 11.0. The molecule has 0 unspecified atom stereocenters. The second-order valence-corrected chi connectivity index (χ2v) is 8.11. The lowest BCUT2D eigenvalue weighted by Crippen LogP contribution is -2.48. The van der Waals surface area contributed by atoms with Crippen LogP contribution in [0, 0.1) is 5.92 Å². The highest BCUT2D eigenvalue weighted by Gasteiger charge is 2.31. The average Bonchev–Trinajstić information content (AvgIpc) is 3.57. The summed E-state index contributed by atoms with van der Waals surface area (Å²) in [6, 6.07) is 8.39. The fourth-order valence-corrected chi connectivity index (χ4v) is 3.47. The van der Waals surface area contributed by atoms with Gasteiger partial charge in [0.1, 0.15) is 0 Å². The first-order chi connectivity index (χ1) is 17.2. The van der Waals surface area contributed by atoms with E-state index in [2.05, 4.69) is 25.9 Å². The molecule has 1 fully saturated rings. The third-order valence-electron chi connectivity index (χ3n) is 5.25. The van der Waals surface area contributed by atoms with E-state index in [1.165, 1.54) is 13.2 Å². The fourth-order valence-electron chi connectivity index (χ4n) is 3.47. The van der Waals surface area contributed by atoms with Crippen molar-refractivity contribution >= 4 is 29.0 Å². The first kappa shape index (κ1) is 25.0. The molecule has 0 spiro atoms.